The fourth-order valence-electron chi connectivity index (χ4n) is 8.16. The molecular weight excluding hydrogens is 633 g/mol. The van der Waals surface area contributed by atoms with E-state index in [2.05, 4.69) is 88.0 Å². The second-order valence-corrected chi connectivity index (χ2v) is 14.8. The van der Waals surface area contributed by atoms with E-state index < -0.39 is 6.10 Å². The molecule has 2 aliphatic heterocycles. The van der Waals surface area contributed by atoms with Gasteiger partial charge in [-0.05, 0) is 112 Å². The lowest BCUT2D eigenvalue weighted by molar-refractivity contribution is -0.142. The van der Waals surface area contributed by atoms with E-state index in [1.54, 1.807) is 0 Å². The third-order valence-corrected chi connectivity index (χ3v) is 11.0. The molecule has 7 nitrogen and oxygen atoms in total. The highest BCUT2D eigenvalue weighted by Crippen LogP contribution is 2.25. The quantitative estimate of drug-likeness (QED) is 0.131. The zero-order valence-electron chi connectivity index (χ0n) is 30.2. The third-order valence-electron chi connectivity index (χ3n) is 11.0. The summed E-state index contributed by atoms with van der Waals surface area (Å²) in [6, 6.07) is 31.3. The van der Waals surface area contributed by atoms with E-state index in [9.17, 15) is 14.7 Å². The van der Waals surface area contributed by atoms with E-state index in [4.69, 9.17) is 0 Å². The van der Waals surface area contributed by atoms with Gasteiger partial charge in [-0.2, -0.15) is 0 Å². The van der Waals surface area contributed by atoms with Gasteiger partial charge in [-0.1, -0.05) is 85.3 Å². The molecule has 6 rings (SSSR count). The number of pyridine rings is 1. The first-order chi connectivity index (χ1) is 25.0. The first-order valence-electron chi connectivity index (χ1n) is 19.5. The predicted octanol–water partition coefficient (Wildman–Crippen LogP) is 7.15. The van der Waals surface area contributed by atoms with Gasteiger partial charge in [0.1, 0.15) is 0 Å². The topological polar surface area (TPSA) is 85.8 Å². The average Bonchev–Trinajstić information content (AvgIpc) is 3.18. The van der Waals surface area contributed by atoms with Crippen molar-refractivity contribution >= 4 is 22.7 Å². The summed E-state index contributed by atoms with van der Waals surface area (Å²) in [5.74, 6) is 0.0320. The Morgan fingerprint density at radius 3 is 2.22 bits per heavy atom. The molecule has 7 heteroatoms. The fraction of sp³-hybridized carbons (Fsp3) is 0.477. The number of fused-ring (bicyclic) bond motifs is 1. The Labute approximate surface area is 304 Å². The maximum atomic E-state index is 14.1. The van der Waals surface area contributed by atoms with Gasteiger partial charge in [-0.25, -0.2) is 0 Å². The van der Waals surface area contributed by atoms with Gasteiger partial charge in [-0.15, -0.1) is 0 Å². The summed E-state index contributed by atoms with van der Waals surface area (Å²) in [5.41, 5.74) is 4.83. The zero-order chi connectivity index (χ0) is 35.3. The molecule has 0 radical (unpaired) electrons. The highest BCUT2D eigenvalue weighted by atomic mass is 16.3. The van der Waals surface area contributed by atoms with E-state index in [1.807, 2.05) is 29.3 Å². The highest BCUT2D eigenvalue weighted by Gasteiger charge is 2.36. The van der Waals surface area contributed by atoms with Crippen LogP contribution in [0.1, 0.15) is 80.9 Å². The van der Waals surface area contributed by atoms with Gasteiger partial charge in [-0.3, -0.25) is 19.5 Å². The number of nitrogens with one attached hydrogen (secondary N) is 1. The van der Waals surface area contributed by atoms with E-state index in [1.165, 1.54) is 16.7 Å². The number of aryl methyl sites for hydroxylation is 3. The molecule has 2 amide bonds. The van der Waals surface area contributed by atoms with Crippen LogP contribution in [0.5, 0.6) is 0 Å². The van der Waals surface area contributed by atoms with Crippen LogP contribution < -0.4 is 5.32 Å². The van der Waals surface area contributed by atoms with Crippen LogP contribution in [0.4, 0.5) is 0 Å². The summed E-state index contributed by atoms with van der Waals surface area (Å²) in [6.07, 6.45) is 13.1. The molecule has 2 saturated heterocycles. The Morgan fingerprint density at radius 2 is 1.49 bits per heavy atom. The minimum absolute atomic E-state index is 0.0940. The van der Waals surface area contributed by atoms with Gasteiger partial charge in [0.25, 0.3) is 0 Å². The Bertz CT molecular complexity index is 1610. The molecule has 3 atom stereocenters. The molecule has 1 aromatic heterocycles. The number of piperidine rings is 2. The van der Waals surface area contributed by atoms with Crippen molar-refractivity contribution in [3.63, 3.8) is 0 Å². The molecule has 0 saturated carbocycles. The molecule has 0 bridgehead atoms. The fourth-order valence-corrected chi connectivity index (χ4v) is 8.16. The number of hydrogen-bond donors (Lipinski definition) is 2. The first kappa shape index (κ1) is 36.7. The maximum Gasteiger partial charge on any atom is 0.239 e. The second kappa shape index (κ2) is 19.0. The summed E-state index contributed by atoms with van der Waals surface area (Å²) in [5, 5.41) is 15.7. The van der Waals surface area contributed by atoms with Crippen LogP contribution in [-0.2, 0) is 28.9 Å². The van der Waals surface area contributed by atoms with Crippen LogP contribution in [0.2, 0.25) is 0 Å². The van der Waals surface area contributed by atoms with Gasteiger partial charge in [0.05, 0.1) is 23.6 Å². The SMILES string of the molecule is O=C(NC(CCCc1ccccc1)CCCc1ccccc1)C1CCCN(C(=O)C2CCCCN2C[C@@H](O)CCc2cccc3ncccc23)C1. The summed E-state index contributed by atoms with van der Waals surface area (Å²) in [7, 11) is 0. The van der Waals surface area contributed by atoms with E-state index in [0.717, 1.165) is 94.5 Å². The number of aliphatic hydroxyl groups is 1. The molecule has 2 aliphatic rings. The molecule has 2 unspecified atom stereocenters. The minimum Gasteiger partial charge on any atom is -0.392 e. The van der Waals surface area contributed by atoms with Gasteiger partial charge < -0.3 is 15.3 Å². The van der Waals surface area contributed by atoms with Crippen molar-refractivity contribution in [1.82, 2.24) is 20.1 Å². The molecular formula is C44H56N4O3. The monoisotopic (exact) mass is 688 g/mol. The summed E-state index contributed by atoms with van der Waals surface area (Å²) in [6.45, 7) is 2.48. The summed E-state index contributed by atoms with van der Waals surface area (Å²) in [4.78, 5) is 36.5. The van der Waals surface area contributed by atoms with Gasteiger partial charge >= 0.3 is 0 Å². The molecule has 4 aromatic rings. The number of benzene rings is 3. The average molecular weight is 689 g/mol. The molecule has 0 spiro atoms. The van der Waals surface area contributed by atoms with Crippen molar-refractivity contribution in [3.8, 4) is 0 Å². The highest BCUT2D eigenvalue weighted by molar-refractivity contribution is 5.84. The van der Waals surface area contributed by atoms with Crippen molar-refractivity contribution in [1.29, 1.82) is 0 Å². The lowest BCUT2D eigenvalue weighted by Gasteiger charge is -2.41. The molecule has 2 N–H and O–H groups in total. The van der Waals surface area contributed by atoms with Crippen molar-refractivity contribution in [2.75, 3.05) is 26.2 Å². The second-order valence-electron chi connectivity index (χ2n) is 14.8. The molecule has 51 heavy (non-hydrogen) atoms. The van der Waals surface area contributed by atoms with Crippen LogP contribution >= 0.6 is 0 Å². The number of nitrogens with zero attached hydrogens (tertiary/aromatic N) is 3. The molecule has 3 aromatic carbocycles. The van der Waals surface area contributed by atoms with Gasteiger partial charge in [0, 0.05) is 37.3 Å². The summed E-state index contributed by atoms with van der Waals surface area (Å²) < 4.78 is 0. The number of aromatic nitrogens is 1. The number of amides is 2. The number of carbonyl (C=O) groups excluding carboxylic acids is 2. The lowest BCUT2D eigenvalue weighted by atomic mass is 9.93. The first-order valence-corrected chi connectivity index (χ1v) is 19.5. The Morgan fingerprint density at radius 1 is 0.765 bits per heavy atom. The van der Waals surface area contributed by atoms with Crippen LogP contribution in [0.15, 0.2) is 97.2 Å². The van der Waals surface area contributed by atoms with E-state index >= 15 is 0 Å². The van der Waals surface area contributed by atoms with Crippen LogP contribution in [0, 0.1) is 5.92 Å². The largest absolute Gasteiger partial charge is 0.392 e. The van der Waals surface area contributed by atoms with Crippen LogP contribution in [0.3, 0.4) is 0 Å². The number of likely N-dealkylation sites (tertiary alicyclic amines) is 2. The lowest BCUT2D eigenvalue weighted by Crippen LogP contribution is -2.55. The van der Waals surface area contributed by atoms with Crippen molar-refractivity contribution < 1.29 is 14.7 Å². The normalized spacial score (nSPS) is 18.9. The predicted molar refractivity (Wildman–Crippen MR) is 205 cm³/mol. The summed E-state index contributed by atoms with van der Waals surface area (Å²) >= 11 is 0. The number of hydrogen-bond acceptors (Lipinski definition) is 5. The maximum absolute atomic E-state index is 14.1. The van der Waals surface area contributed by atoms with Crippen LogP contribution in [-0.4, -0.2) is 76.1 Å². The van der Waals surface area contributed by atoms with E-state index in [-0.39, 0.29) is 29.8 Å². The standard InChI is InChI=1S/C44H56N4O3/c49-39(28-27-36-20-11-25-41-40(36)24-12-29-45-41)33-47-30-8-7-26-42(47)44(51)48-31-13-21-37(32-48)43(50)46-38(22-9-18-34-14-3-1-4-15-34)23-10-19-35-16-5-2-6-17-35/h1-6,11-12,14-17,20,24-25,29,37-39,42,49H,7-10,13,18-19,21-23,26-28,30-33H2,(H,46,50)/t37?,39-,42?/m0/s1. The zero-order valence-corrected chi connectivity index (χ0v) is 30.2. The molecule has 3 heterocycles. The number of β-amino-alcohol motifs (C(OH)–C–C–N with tert-alkyl or cyclic N) is 1. The smallest absolute Gasteiger partial charge is 0.239 e. The number of aliphatic hydroxyl groups excluding tert-OH is 1. The molecule has 270 valence electrons. The molecule has 2 fully saturated rings. The van der Waals surface area contributed by atoms with Crippen molar-refractivity contribution in [2.24, 2.45) is 5.92 Å². The van der Waals surface area contributed by atoms with Crippen molar-refractivity contribution in [2.45, 2.75) is 102 Å². The van der Waals surface area contributed by atoms with E-state index in [0.29, 0.717) is 26.1 Å². The van der Waals surface area contributed by atoms with Gasteiger partial charge in [0.2, 0.25) is 11.8 Å². The number of carbonyl (C=O) groups is 2. The minimum atomic E-state index is -0.522. The Hall–Kier alpha value is -4.07. The number of rotatable bonds is 16. The van der Waals surface area contributed by atoms with Crippen molar-refractivity contribution in [3.05, 3.63) is 114 Å². The Balaban J connectivity index is 1.02. The van der Waals surface area contributed by atoms with Crippen LogP contribution in [0.25, 0.3) is 10.9 Å². The van der Waals surface area contributed by atoms with Gasteiger partial charge in [0.15, 0.2) is 0 Å². The molecule has 0 aliphatic carbocycles. The Kier molecular flexibility index (Phi) is 13.6. The third kappa shape index (κ3) is 10.7.